The number of hydrogen-bond acceptors (Lipinski definition) is 4. The van der Waals surface area contributed by atoms with Crippen molar-refractivity contribution >= 4 is 17.0 Å². The second-order valence-electron chi connectivity index (χ2n) is 3.40. The minimum Gasteiger partial charge on any atom is -0.383 e. The molecule has 0 aliphatic carbocycles. The first-order valence-corrected chi connectivity index (χ1v) is 4.85. The first kappa shape index (κ1) is 8.84. The van der Waals surface area contributed by atoms with Gasteiger partial charge in [0.15, 0.2) is 5.65 Å². The summed E-state index contributed by atoms with van der Waals surface area (Å²) < 4.78 is 0. The van der Waals surface area contributed by atoms with Crippen LogP contribution in [0.1, 0.15) is 0 Å². The zero-order valence-corrected chi connectivity index (χ0v) is 8.38. The summed E-state index contributed by atoms with van der Waals surface area (Å²) in [7, 11) is 0. The van der Waals surface area contributed by atoms with Gasteiger partial charge in [-0.05, 0) is 18.2 Å². The molecule has 0 bridgehead atoms. The molecule has 3 N–H and O–H groups in total. The molecule has 5 nitrogen and oxygen atoms in total. The molecule has 0 aliphatic rings. The molecule has 0 unspecified atom stereocenters. The number of aromatic amines is 1. The van der Waals surface area contributed by atoms with Gasteiger partial charge in [0.1, 0.15) is 11.3 Å². The van der Waals surface area contributed by atoms with E-state index >= 15 is 0 Å². The lowest BCUT2D eigenvalue weighted by atomic mass is 10.2. The van der Waals surface area contributed by atoms with E-state index in [-0.39, 0.29) is 0 Å². The quantitative estimate of drug-likeness (QED) is 0.640. The van der Waals surface area contributed by atoms with Crippen molar-refractivity contribution in [3.8, 4) is 11.3 Å². The smallest absolute Gasteiger partial charge is 0.156 e. The molecule has 16 heavy (non-hydrogen) atoms. The molecule has 0 fully saturated rings. The van der Waals surface area contributed by atoms with Crippen molar-refractivity contribution < 1.29 is 0 Å². The molecule has 0 amide bonds. The van der Waals surface area contributed by atoms with Crippen molar-refractivity contribution in [2.45, 2.75) is 0 Å². The Labute approximate surface area is 91.4 Å². The average Bonchev–Trinajstić information content (AvgIpc) is 2.76. The van der Waals surface area contributed by atoms with Crippen LogP contribution in [0.3, 0.4) is 0 Å². The van der Waals surface area contributed by atoms with E-state index in [9.17, 15) is 0 Å². The molecule has 0 atom stereocenters. The highest BCUT2D eigenvalue weighted by Gasteiger charge is 2.06. The van der Waals surface area contributed by atoms with Crippen LogP contribution in [-0.4, -0.2) is 19.9 Å². The molecule has 0 aliphatic heterocycles. The minimum atomic E-state index is 0.465. The van der Waals surface area contributed by atoms with Crippen LogP contribution in [0.15, 0.2) is 36.8 Å². The number of hydrogen-bond donors (Lipinski definition) is 2. The van der Waals surface area contributed by atoms with Crippen molar-refractivity contribution in [2.24, 2.45) is 0 Å². The van der Waals surface area contributed by atoms with Gasteiger partial charge in [0, 0.05) is 18.0 Å². The monoisotopic (exact) mass is 211 g/mol. The lowest BCUT2D eigenvalue weighted by molar-refractivity contribution is 1.25. The van der Waals surface area contributed by atoms with Crippen LogP contribution in [0.2, 0.25) is 0 Å². The summed E-state index contributed by atoms with van der Waals surface area (Å²) in [5.41, 5.74) is 8.91. The number of nitrogens with zero attached hydrogens (tertiary/aromatic N) is 3. The Morgan fingerprint density at radius 2 is 2.12 bits per heavy atom. The Morgan fingerprint density at radius 3 is 3.00 bits per heavy atom. The normalized spacial score (nSPS) is 10.8. The number of rotatable bonds is 1. The Kier molecular flexibility index (Phi) is 1.83. The van der Waals surface area contributed by atoms with Gasteiger partial charge in [-0.2, -0.15) is 0 Å². The van der Waals surface area contributed by atoms with E-state index in [1.807, 2.05) is 18.2 Å². The zero-order valence-electron chi connectivity index (χ0n) is 8.38. The molecule has 0 radical (unpaired) electrons. The summed E-state index contributed by atoms with van der Waals surface area (Å²) in [6, 6.07) is 5.58. The highest BCUT2D eigenvalue weighted by molar-refractivity contribution is 5.77. The summed E-state index contributed by atoms with van der Waals surface area (Å²) in [6.07, 6.45) is 5.15. The first-order valence-electron chi connectivity index (χ1n) is 4.85. The molecule has 3 aromatic heterocycles. The van der Waals surface area contributed by atoms with Crippen LogP contribution >= 0.6 is 0 Å². The van der Waals surface area contributed by atoms with E-state index in [1.165, 1.54) is 0 Å². The fourth-order valence-electron chi connectivity index (χ4n) is 1.59. The molecule has 78 valence electrons. The molecule has 0 aromatic carbocycles. The highest BCUT2D eigenvalue weighted by atomic mass is 14.9. The van der Waals surface area contributed by atoms with Gasteiger partial charge in [-0.1, -0.05) is 0 Å². The predicted molar refractivity (Wildman–Crippen MR) is 61.5 cm³/mol. The molecule has 5 heteroatoms. The van der Waals surface area contributed by atoms with Gasteiger partial charge in [-0.15, -0.1) is 0 Å². The maximum absolute atomic E-state index is 5.79. The Hall–Kier alpha value is -2.43. The van der Waals surface area contributed by atoms with Gasteiger partial charge in [0.2, 0.25) is 0 Å². The molecule has 0 saturated heterocycles. The third-order valence-corrected chi connectivity index (χ3v) is 2.38. The number of aromatic nitrogens is 4. The number of nitrogens with one attached hydrogen (secondary N) is 1. The highest BCUT2D eigenvalue weighted by Crippen LogP contribution is 2.22. The van der Waals surface area contributed by atoms with Crippen molar-refractivity contribution in [3.05, 3.63) is 36.8 Å². The summed E-state index contributed by atoms with van der Waals surface area (Å²) in [5.74, 6) is 0.465. The van der Waals surface area contributed by atoms with Gasteiger partial charge < -0.3 is 10.7 Å². The van der Waals surface area contributed by atoms with Crippen LogP contribution in [0.5, 0.6) is 0 Å². The van der Waals surface area contributed by atoms with E-state index in [4.69, 9.17) is 5.73 Å². The fourth-order valence-corrected chi connectivity index (χ4v) is 1.59. The maximum atomic E-state index is 5.79. The topological polar surface area (TPSA) is 80.5 Å². The fraction of sp³-hybridized carbons (Fsp3) is 0. The van der Waals surface area contributed by atoms with Crippen molar-refractivity contribution in [2.75, 3.05) is 5.73 Å². The Balaban J connectivity index is 2.22. The summed E-state index contributed by atoms with van der Waals surface area (Å²) in [4.78, 5) is 15.7. The van der Waals surface area contributed by atoms with Crippen molar-refractivity contribution in [1.82, 2.24) is 19.9 Å². The summed E-state index contributed by atoms with van der Waals surface area (Å²) >= 11 is 0. The van der Waals surface area contributed by atoms with Gasteiger partial charge in [0.25, 0.3) is 0 Å². The molecule has 3 aromatic rings. The molecule has 0 saturated carbocycles. The lowest BCUT2D eigenvalue weighted by Crippen LogP contribution is -1.95. The van der Waals surface area contributed by atoms with Crippen molar-refractivity contribution in [3.63, 3.8) is 0 Å². The van der Waals surface area contributed by atoms with Crippen molar-refractivity contribution in [1.29, 1.82) is 0 Å². The standard InChI is InChI=1S/C11H9N5/c12-10-7(2-1-4-13-10)9-6-15-11-8(16-9)3-5-14-11/h1-6H,(H2,12,13)(H,14,15). The minimum absolute atomic E-state index is 0.465. The molecule has 3 rings (SSSR count). The van der Waals surface area contributed by atoms with Crippen LogP contribution < -0.4 is 5.73 Å². The van der Waals surface area contributed by atoms with Crippen LogP contribution in [0.4, 0.5) is 5.82 Å². The largest absolute Gasteiger partial charge is 0.383 e. The second-order valence-corrected chi connectivity index (χ2v) is 3.40. The number of H-pyrrole nitrogens is 1. The molecular formula is C11H9N5. The van der Waals surface area contributed by atoms with Gasteiger partial charge >= 0.3 is 0 Å². The summed E-state index contributed by atoms with van der Waals surface area (Å²) in [5, 5.41) is 0. The zero-order chi connectivity index (χ0) is 11.0. The van der Waals surface area contributed by atoms with Gasteiger partial charge in [0.05, 0.1) is 11.9 Å². The molecule has 3 heterocycles. The number of anilines is 1. The Bertz CT molecular complexity index is 643. The van der Waals surface area contributed by atoms with Gasteiger partial charge in [-0.3, -0.25) is 0 Å². The first-order chi connectivity index (χ1) is 7.84. The summed E-state index contributed by atoms with van der Waals surface area (Å²) in [6.45, 7) is 0. The SMILES string of the molecule is Nc1ncccc1-c1cnc2[nH]ccc2n1. The van der Waals surface area contributed by atoms with E-state index in [2.05, 4.69) is 19.9 Å². The van der Waals surface area contributed by atoms with Crippen LogP contribution in [-0.2, 0) is 0 Å². The maximum Gasteiger partial charge on any atom is 0.156 e. The second kappa shape index (κ2) is 3.30. The molecule has 0 spiro atoms. The third-order valence-electron chi connectivity index (χ3n) is 2.38. The van der Waals surface area contributed by atoms with Crippen LogP contribution in [0.25, 0.3) is 22.4 Å². The number of pyridine rings is 1. The third kappa shape index (κ3) is 1.30. The van der Waals surface area contributed by atoms with Crippen LogP contribution in [0, 0.1) is 0 Å². The van der Waals surface area contributed by atoms with E-state index < -0.39 is 0 Å². The van der Waals surface area contributed by atoms with E-state index in [1.54, 1.807) is 18.6 Å². The van der Waals surface area contributed by atoms with E-state index in [0.29, 0.717) is 5.82 Å². The Morgan fingerprint density at radius 1 is 1.19 bits per heavy atom. The predicted octanol–water partition coefficient (Wildman–Crippen LogP) is 1.60. The molecular weight excluding hydrogens is 202 g/mol. The van der Waals surface area contributed by atoms with Gasteiger partial charge in [-0.25, -0.2) is 15.0 Å². The number of fused-ring (bicyclic) bond motifs is 1. The average molecular weight is 211 g/mol. The number of nitrogen functional groups attached to an aromatic ring is 1. The van der Waals surface area contributed by atoms with E-state index in [0.717, 1.165) is 22.4 Å². The number of nitrogens with two attached hydrogens (primary N) is 1. The lowest BCUT2D eigenvalue weighted by Gasteiger charge is -2.02.